The quantitative estimate of drug-likeness (QED) is 0.836. The number of carbonyl (C=O) groups is 1. The molecule has 2 N–H and O–H groups in total. The summed E-state index contributed by atoms with van der Waals surface area (Å²) in [6.07, 6.45) is 1.02. The number of nitrogens with one attached hydrogen (secondary N) is 2. The number of carbonyl (C=O) groups excluding carboxylic acids is 1. The summed E-state index contributed by atoms with van der Waals surface area (Å²) in [6.45, 7) is 3.19. The van der Waals surface area contributed by atoms with Crippen molar-refractivity contribution in [1.82, 2.24) is 0 Å². The first kappa shape index (κ1) is 17.4. The molecular weight excluding hydrogens is 315 g/mol. The summed E-state index contributed by atoms with van der Waals surface area (Å²) >= 11 is 5.91. The second-order valence-corrected chi connectivity index (χ2v) is 6.06. The van der Waals surface area contributed by atoms with E-state index in [2.05, 4.69) is 36.5 Å². The lowest BCUT2D eigenvalue weighted by atomic mass is 10.1. The third-order valence-electron chi connectivity index (χ3n) is 3.60. The first-order valence-electron chi connectivity index (χ1n) is 7.62. The van der Waals surface area contributed by atoms with Gasteiger partial charge in [-0.1, -0.05) is 42.8 Å². The molecule has 3 nitrogen and oxygen atoms in total. The molecule has 0 saturated heterocycles. The van der Waals surface area contributed by atoms with Crippen molar-refractivity contribution in [1.29, 1.82) is 0 Å². The van der Waals surface area contributed by atoms with Gasteiger partial charge in [-0.15, -0.1) is 0 Å². The van der Waals surface area contributed by atoms with Crippen molar-refractivity contribution in [2.24, 2.45) is 0 Å². The molecule has 0 aliphatic rings. The highest BCUT2D eigenvalue weighted by Gasteiger charge is 2.12. The summed E-state index contributed by atoms with van der Waals surface area (Å²) < 4.78 is 13.0. The van der Waals surface area contributed by atoms with Gasteiger partial charge in [0.2, 0.25) is 0 Å². The Morgan fingerprint density at radius 3 is 2.43 bits per heavy atom. The minimum absolute atomic E-state index is 0.152. The van der Waals surface area contributed by atoms with Crippen LogP contribution in [0, 0.1) is 5.82 Å². The Bertz CT molecular complexity index is 673. The van der Waals surface area contributed by atoms with E-state index in [0.29, 0.717) is 12.2 Å². The molecule has 0 spiro atoms. The van der Waals surface area contributed by atoms with Crippen LogP contribution in [-0.2, 0) is 17.8 Å². The van der Waals surface area contributed by atoms with Gasteiger partial charge in [-0.25, -0.2) is 4.39 Å². The van der Waals surface area contributed by atoms with E-state index in [1.54, 1.807) is 0 Å². The zero-order chi connectivity index (χ0) is 16.8. The highest BCUT2D eigenvalue weighted by atomic mass is 35.5. The molecule has 0 aromatic heterocycles. The Labute approximate surface area is 141 Å². The Morgan fingerprint density at radius 2 is 1.83 bits per heavy atom. The summed E-state index contributed by atoms with van der Waals surface area (Å²) in [7, 11) is 1.96. The minimum atomic E-state index is -0.425. The van der Waals surface area contributed by atoms with Crippen molar-refractivity contribution in [3.05, 3.63) is 64.4 Å². The fraction of sp³-hybridized carbons (Fsp3) is 0.278. The molecule has 1 atom stereocenters. The Kier molecular flexibility index (Phi) is 6.13. The third-order valence-corrected chi connectivity index (χ3v) is 3.92. The van der Waals surface area contributed by atoms with Crippen molar-refractivity contribution < 1.29 is 14.1 Å². The van der Waals surface area contributed by atoms with E-state index in [0.717, 1.165) is 17.9 Å². The monoisotopic (exact) mass is 335 g/mol. The number of quaternary nitrogens is 1. The highest BCUT2D eigenvalue weighted by molar-refractivity contribution is 6.33. The van der Waals surface area contributed by atoms with E-state index < -0.39 is 5.82 Å². The van der Waals surface area contributed by atoms with E-state index in [1.165, 1.54) is 29.3 Å². The van der Waals surface area contributed by atoms with Gasteiger partial charge in [0.25, 0.3) is 5.91 Å². The molecule has 0 aliphatic heterocycles. The number of rotatable bonds is 6. The average Bonchev–Trinajstić information content (AvgIpc) is 2.50. The van der Waals surface area contributed by atoms with Crippen LogP contribution < -0.4 is 10.2 Å². The lowest BCUT2D eigenvalue weighted by Gasteiger charge is -2.14. The summed E-state index contributed by atoms with van der Waals surface area (Å²) in [5.74, 6) is -0.576. The van der Waals surface area contributed by atoms with Crippen molar-refractivity contribution in [3.8, 4) is 0 Å². The van der Waals surface area contributed by atoms with Crippen LogP contribution in [0.15, 0.2) is 42.5 Å². The number of amides is 1. The highest BCUT2D eigenvalue weighted by Crippen LogP contribution is 2.21. The molecule has 1 unspecified atom stereocenters. The smallest absolute Gasteiger partial charge is 0.279 e. The van der Waals surface area contributed by atoms with Gasteiger partial charge in [-0.3, -0.25) is 4.79 Å². The number of hydrogen-bond acceptors (Lipinski definition) is 1. The molecular formula is C18H21ClFN2O+. The van der Waals surface area contributed by atoms with Crippen molar-refractivity contribution in [2.75, 3.05) is 18.9 Å². The number of anilines is 1. The second kappa shape index (κ2) is 8.09. The fourth-order valence-electron chi connectivity index (χ4n) is 2.36. The van der Waals surface area contributed by atoms with E-state index >= 15 is 0 Å². The Balaban J connectivity index is 1.88. The third kappa shape index (κ3) is 5.34. The molecule has 0 heterocycles. The van der Waals surface area contributed by atoms with E-state index in [-0.39, 0.29) is 10.9 Å². The van der Waals surface area contributed by atoms with Gasteiger partial charge in [0.05, 0.1) is 17.8 Å². The van der Waals surface area contributed by atoms with Crippen molar-refractivity contribution in [3.63, 3.8) is 0 Å². The summed E-state index contributed by atoms with van der Waals surface area (Å²) in [5.41, 5.74) is 2.92. The van der Waals surface area contributed by atoms with Gasteiger partial charge in [0.15, 0.2) is 6.54 Å². The van der Waals surface area contributed by atoms with Gasteiger partial charge in [-0.2, -0.15) is 0 Å². The van der Waals surface area contributed by atoms with Gasteiger partial charge >= 0.3 is 0 Å². The maximum absolute atomic E-state index is 13.0. The van der Waals surface area contributed by atoms with Crippen LogP contribution in [0.1, 0.15) is 18.1 Å². The first-order chi connectivity index (χ1) is 11.0. The molecule has 0 fully saturated rings. The molecule has 0 aliphatic carbocycles. The number of hydrogen-bond donors (Lipinski definition) is 2. The number of halogens is 2. The molecule has 0 bridgehead atoms. The first-order valence-corrected chi connectivity index (χ1v) is 7.99. The van der Waals surface area contributed by atoms with Gasteiger partial charge in [-0.05, 0) is 30.2 Å². The maximum Gasteiger partial charge on any atom is 0.279 e. The van der Waals surface area contributed by atoms with Crippen LogP contribution in [0.2, 0.25) is 5.02 Å². The maximum atomic E-state index is 13.0. The zero-order valence-electron chi connectivity index (χ0n) is 13.3. The van der Waals surface area contributed by atoms with E-state index in [4.69, 9.17) is 11.6 Å². The Hall–Kier alpha value is -1.91. The summed E-state index contributed by atoms with van der Waals surface area (Å²) in [5, 5.41) is 2.91. The lowest BCUT2D eigenvalue weighted by molar-refractivity contribution is -0.885. The largest absolute Gasteiger partial charge is 0.326 e. The fourth-order valence-corrected chi connectivity index (χ4v) is 2.58. The molecule has 0 saturated carbocycles. The molecule has 2 rings (SSSR count). The number of benzene rings is 2. The van der Waals surface area contributed by atoms with Crippen LogP contribution >= 0.6 is 11.6 Å². The minimum Gasteiger partial charge on any atom is -0.326 e. The molecule has 2 aromatic carbocycles. The van der Waals surface area contributed by atoms with Crippen LogP contribution in [0.25, 0.3) is 0 Å². The molecule has 0 radical (unpaired) electrons. The van der Waals surface area contributed by atoms with E-state index in [1.807, 2.05) is 7.05 Å². The van der Waals surface area contributed by atoms with Crippen LogP contribution in [-0.4, -0.2) is 19.5 Å². The zero-order valence-corrected chi connectivity index (χ0v) is 14.1. The summed E-state index contributed by atoms with van der Waals surface area (Å²) in [4.78, 5) is 13.1. The van der Waals surface area contributed by atoms with Crippen molar-refractivity contribution >= 4 is 23.2 Å². The predicted molar refractivity (Wildman–Crippen MR) is 91.3 cm³/mol. The molecule has 23 heavy (non-hydrogen) atoms. The molecule has 122 valence electrons. The normalized spacial score (nSPS) is 12.0. The van der Waals surface area contributed by atoms with Crippen molar-refractivity contribution in [2.45, 2.75) is 19.9 Å². The van der Waals surface area contributed by atoms with E-state index in [9.17, 15) is 9.18 Å². The van der Waals surface area contributed by atoms with Crippen LogP contribution in [0.3, 0.4) is 0 Å². The van der Waals surface area contributed by atoms with Crippen LogP contribution in [0.5, 0.6) is 0 Å². The Morgan fingerprint density at radius 1 is 1.17 bits per heavy atom. The van der Waals surface area contributed by atoms with Gasteiger partial charge in [0.1, 0.15) is 12.4 Å². The summed E-state index contributed by atoms with van der Waals surface area (Å²) in [6, 6.07) is 12.3. The van der Waals surface area contributed by atoms with Gasteiger partial charge in [0, 0.05) is 5.56 Å². The molecule has 1 amide bonds. The lowest BCUT2D eigenvalue weighted by Crippen LogP contribution is -3.08. The predicted octanol–water partition coefficient (Wildman–Crippen LogP) is 2.69. The topological polar surface area (TPSA) is 33.5 Å². The van der Waals surface area contributed by atoms with Gasteiger partial charge < -0.3 is 10.2 Å². The molecule has 5 heteroatoms. The SMILES string of the molecule is CCc1ccc(C[NH+](C)CC(=O)Nc2ccc(F)cc2Cl)cc1. The standard InChI is InChI=1S/C18H20ClFN2O/c1-3-13-4-6-14(7-5-13)11-22(2)12-18(23)21-17-9-8-15(20)10-16(17)19/h4-10H,3,11-12H2,1-2H3,(H,21,23)/p+1. The number of likely N-dealkylation sites (N-methyl/N-ethyl adjacent to an activating group) is 1. The second-order valence-electron chi connectivity index (χ2n) is 5.65. The van der Waals surface area contributed by atoms with Crippen LogP contribution in [0.4, 0.5) is 10.1 Å². The number of aryl methyl sites for hydroxylation is 1. The molecule has 2 aromatic rings. The average molecular weight is 336 g/mol.